The van der Waals surface area contributed by atoms with Crippen LogP contribution in [0, 0.1) is 0 Å². The molecule has 0 radical (unpaired) electrons. The van der Waals surface area contributed by atoms with Crippen LogP contribution in [0.1, 0.15) is 277 Å². The Hall–Kier alpha value is -2.18. The van der Waals surface area contributed by atoms with Crippen molar-refractivity contribution >= 4 is 11.9 Å². The highest BCUT2D eigenvalue weighted by atomic mass is 16.5. The average Bonchev–Trinajstić information content (AvgIpc) is 3.28. The van der Waals surface area contributed by atoms with Gasteiger partial charge in [-0.05, 0) is 89.9 Å². The minimum absolute atomic E-state index is 0.0313. The molecule has 0 bridgehead atoms. The number of allylic oxidation sites excluding steroid dienone is 8. The Kier molecular flexibility index (Phi) is 50.6. The first-order chi connectivity index (χ1) is 31.0. The lowest BCUT2D eigenvalue weighted by Crippen LogP contribution is -2.45. The summed E-state index contributed by atoms with van der Waals surface area (Å²) in [5.74, 6) is -0.0829. The molecule has 2 atom stereocenters. The van der Waals surface area contributed by atoms with E-state index in [0.29, 0.717) is 25.9 Å². The van der Waals surface area contributed by atoms with Crippen molar-refractivity contribution in [2.75, 3.05) is 13.2 Å². The zero-order valence-corrected chi connectivity index (χ0v) is 41.8. The van der Waals surface area contributed by atoms with Crippen LogP contribution in [0.4, 0.5) is 0 Å². The topological polar surface area (TPSA) is 95.9 Å². The van der Waals surface area contributed by atoms with Gasteiger partial charge in [-0.1, -0.05) is 223 Å². The van der Waals surface area contributed by atoms with Crippen molar-refractivity contribution in [3.63, 3.8) is 0 Å². The molecule has 6 heteroatoms. The van der Waals surface area contributed by atoms with Crippen LogP contribution in [0.3, 0.4) is 0 Å². The van der Waals surface area contributed by atoms with Gasteiger partial charge in [-0.25, -0.2) is 0 Å². The van der Waals surface area contributed by atoms with Crippen LogP contribution in [0.25, 0.3) is 0 Å². The molecule has 0 rings (SSSR count). The smallest absolute Gasteiger partial charge is 0.305 e. The fraction of sp³-hybridized carbons (Fsp3) is 0.825. The Labute approximate surface area is 391 Å². The summed E-state index contributed by atoms with van der Waals surface area (Å²) in [6, 6.07) is -0.555. The molecule has 3 N–H and O–H groups in total. The highest BCUT2D eigenvalue weighted by Crippen LogP contribution is 2.16. The summed E-state index contributed by atoms with van der Waals surface area (Å²) in [7, 11) is 0. The monoisotopic (exact) mass is 884 g/mol. The fourth-order valence-corrected chi connectivity index (χ4v) is 8.12. The minimum Gasteiger partial charge on any atom is -0.466 e. The van der Waals surface area contributed by atoms with Crippen LogP contribution in [0.15, 0.2) is 48.6 Å². The molecule has 6 nitrogen and oxygen atoms in total. The predicted molar refractivity (Wildman–Crippen MR) is 273 cm³/mol. The van der Waals surface area contributed by atoms with Crippen LogP contribution in [-0.4, -0.2) is 47.4 Å². The summed E-state index contributed by atoms with van der Waals surface area (Å²) < 4.78 is 5.43. The van der Waals surface area contributed by atoms with E-state index in [1.165, 1.54) is 148 Å². The van der Waals surface area contributed by atoms with Gasteiger partial charge in [-0.3, -0.25) is 9.59 Å². The number of hydrogen-bond acceptors (Lipinski definition) is 5. The highest BCUT2D eigenvalue weighted by molar-refractivity contribution is 5.76. The maximum absolute atomic E-state index is 12.5. The summed E-state index contributed by atoms with van der Waals surface area (Å²) in [5.41, 5.74) is 0. The average molecular weight is 884 g/mol. The predicted octanol–water partition coefficient (Wildman–Crippen LogP) is 16.6. The maximum atomic E-state index is 12.5. The number of esters is 1. The Bertz CT molecular complexity index is 1070. The third kappa shape index (κ3) is 49.1. The standard InChI is InChI=1S/C57H105NO5/c1-3-5-7-9-11-13-15-17-18-22-26-29-33-37-41-45-49-55(60)54(53-59)58-56(61)50-46-42-38-34-30-27-23-20-19-21-24-28-32-36-40-44-48-52-63-57(62)51-47-43-39-35-31-25-16-14-12-10-8-6-4-2/h8,10,14,16,19,21,28,32,54-55,59-60H,3-7,9,11-13,15,17-18,20,22-27,29-31,33-53H2,1-2H3,(H,58,61)/b10-8-,16-14-,21-19-,32-28-. The second kappa shape index (κ2) is 52.4. The number of carbonyl (C=O) groups excluding carboxylic acids is 2. The van der Waals surface area contributed by atoms with Crippen molar-refractivity contribution in [1.29, 1.82) is 0 Å². The summed E-state index contributed by atoms with van der Waals surface area (Å²) in [6.07, 6.45) is 65.2. The van der Waals surface area contributed by atoms with Gasteiger partial charge >= 0.3 is 5.97 Å². The van der Waals surface area contributed by atoms with Crippen molar-refractivity contribution in [3.8, 4) is 0 Å². The summed E-state index contributed by atoms with van der Waals surface area (Å²) in [6.45, 7) is 4.83. The largest absolute Gasteiger partial charge is 0.466 e. The number of carbonyl (C=O) groups is 2. The van der Waals surface area contributed by atoms with Gasteiger partial charge in [0, 0.05) is 12.8 Å². The molecule has 2 unspecified atom stereocenters. The van der Waals surface area contributed by atoms with Crippen molar-refractivity contribution in [1.82, 2.24) is 5.32 Å². The van der Waals surface area contributed by atoms with Crippen LogP contribution in [0.2, 0.25) is 0 Å². The van der Waals surface area contributed by atoms with E-state index in [2.05, 4.69) is 67.8 Å². The molecule has 0 heterocycles. The second-order valence-electron chi connectivity index (χ2n) is 18.6. The molecule has 63 heavy (non-hydrogen) atoms. The van der Waals surface area contributed by atoms with E-state index in [9.17, 15) is 19.8 Å². The molecule has 0 spiro atoms. The normalized spacial score (nSPS) is 13.0. The molecule has 0 aliphatic heterocycles. The lowest BCUT2D eigenvalue weighted by Gasteiger charge is -2.22. The van der Waals surface area contributed by atoms with Gasteiger partial charge in [0.2, 0.25) is 5.91 Å². The molecule has 0 fully saturated rings. The lowest BCUT2D eigenvalue weighted by molar-refractivity contribution is -0.143. The number of ether oxygens (including phenoxy) is 1. The second-order valence-corrected chi connectivity index (χ2v) is 18.6. The lowest BCUT2D eigenvalue weighted by atomic mass is 10.0. The highest BCUT2D eigenvalue weighted by Gasteiger charge is 2.20. The van der Waals surface area contributed by atoms with Crippen LogP contribution < -0.4 is 5.32 Å². The molecule has 0 saturated heterocycles. The third-order valence-electron chi connectivity index (χ3n) is 12.3. The molecule has 0 aromatic heterocycles. The van der Waals surface area contributed by atoms with E-state index in [1.54, 1.807) is 0 Å². The van der Waals surface area contributed by atoms with E-state index < -0.39 is 12.1 Å². The van der Waals surface area contributed by atoms with Crippen molar-refractivity contribution in [2.24, 2.45) is 0 Å². The molecule has 0 saturated carbocycles. The van der Waals surface area contributed by atoms with Crippen molar-refractivity contribution < 1.29 is 24.5 Å². The number of aliphatic hydroxyl groups excluding tert-OH is 2. The molecule has 0 aromatic rings. The van der Waals surface area contributed by atoms with Gasteiger partial charge in [-0.2, -0.15) is 0 Å². The van der Waals surface area contributed by atoms with E-state index in [4.69, 9.17) is 4.74 Å². The summed E-state index contributed by atoms with van der Waals surface area (Å²) >= 11 is 0. The maximum Gasteiger partial charge on any atom is 0.305 e. The summed E-state index contributed by atoms with van der Waals surface area (Å²) in [5, 5.41) is 23.3. The zero-order valence-electron chi connectivity index (χ0n) is 41.8. The Balaban J connectivity index is 3.52. The molecular weight excluding hydrogens is 779 g/mol. The first kappa shape index (κ1) is 60.8. The van der Waals surface area contributed by atoms with Gasteiger partial charge in [0.15, 0.2) is 0 Å². The Morgan fingerprint density at radius 2 is 0.825 bits per heavy atom. The van der Waals surface area contributed by atoms with Gasteiger partial charge in [0.25, 0.3) is 0 Å². The van der Waals surface area contributed by atoms with Gasteiger partial charge in [-0.15, -0.1) is 0 Å². The SMILES string of the molecule is CCC/C=C\C/C=C\CCCCCCCC(=O)OCCCCC/C=C\C/C=C\CCCCCCCCCC(=O)NC(CO)C(O)CCCCCCCCCCCCCCCCCC. The molecule has 1 amide bonds. The molecule has 0 aliphatic rings. The van der Waals surface area contributed by atoms with Crippen LogP contribution >= 0.6 is 0 Å². The quantitative estimate of drug-likeness (QED) is 0.0321. The Morgan fingerprint density at radius 3 is 1.27 bits per heavy atom. The van der Waals surface area contributed by atoms with Crippen molar-refractivity contribution in [3.05, 3.63) is 48.6 Å². The van der Waals surface area contributed by atoms with Crippen LogP contribution in [-0.2, 0) is 14.3 Å². The number of amides is 1. The molecule has 368 valence electrons. The Morgan fingerprint density at radius 1 is 0.444 bits per heavy atom. The number of rotatable bonds is 50. The van der Waals surface area contributed by atoms with E-state index in [1.807, 2.05) is 0 Å². The van der Waals surface area contributed by atoms with Gasteiger partial charge in [0.05, 0.1) is 25.4 Å². The first-order valence-electron chi connectivity index (χ1n) is 27.4. The van der Waals surface area contributed by atoms with E-state index in [-0.39, 0.29) is 18.5 Å². The zero-order chi connectivity index (χ0) is 45.8. The van der Waals surface area contributed by atoms with Crippen molar-refractivity contribution in [2.45, 2.75) is 289 Å². The first-order valence-corrected chi connectivity index (χ1v) is 27.4. The third-order valence-corrected chi connectivity index (χ3v) is 12.3. The van der Waals surface area contributed by atoms with E-state index >= 15 is 0 Å². The molecule has 0 aliphatic carbocycles. The number of unbranched alkanes of at least 4 members (excludes halogenated alkanes) is 31. The molecular formula is C57H105NO5. The van der Waals surface area contributed by atoms with Crippen LogP contribution in [0.5, 0.6) is 0 Å². The van der Waals surface area contributed by atoms with Gasteiger partial charge < -0.3 is 20.3 Å². The minimum atomic E-state index is -0.676. The number of hydrogen-bond donors (Lipinski definition) is 3. The van der Waals surface area contributed by atoms with E-state index in [0.717, 1.165) is 96.3 Å². The number of aliphatic hydroxyl groups is 2. The summed E-state index contributed by atoms with van der Waals surface area (Å²) in [4.78, 5) is 24.5. The fourth-order valence-electron chi connectivity index (χ4n) is 8.12. The molecule has 0 aromatic carbocycles. The number of nitrogens with one attached hydrogen (secondary N) is 1. The van der Waals surface area contributed by atoms with Gasteiger partial charge in [0.1, 0.15) is 0 Å².